The molecule has 0 aliphatic carbocycles. The third kappa shape index (κ3) is 1.78. The molecule has 2 aromatic rings. The van der Waals surface area contributed by atoms with Crippen molar-refractivity contribution in [1.29, 1.82) is 0 Å². The van der Waals surface area contributed by atoms with Gasteiger partial charge in [0.1, 0.15) is 5.52 Å². The lowest BCUT2D eigenvalue weighted by Crippen LogP contribution is -2.44. The lowest BCUT2D eigenvalue weighted by molar-refractivity contribution is 0.381. The summed E-state index contributed by atoms with van der Waals surface area (Å²) in [6.07, 6.45) is 1.63. The zero-order valence-corrected chi connectivity index (χ0v) is 9.60. The Kier molecular flexibility index (Phi) is 2.52. The maximum absolute atomic E-state index is 5.10. The second-order valence-electron chi connectivity index (χ2n) is 3.87. The number of hydrogen-bond donors (Lipinski definition) is 2. The highest BCUT2D eigenvalue weighted by atomic mass is 16.5. The molecule has 1 saturated heterocycles. The van der Waals surface area contributed by atoms with Crippen LogP contribution in [-0.2, 0) is 0 Å². The molecule has 7 nitrogen and oxygen atoms in total. The van der Waals surface area contributed by atoms with E-state index in [-0.39, 0.29) is 0 Å². The van der Waals surface area contributed by atoms with Crippen LogP contribution < -0.4 is 15.0 Å². The average molecular weight is 234 g/mol. The van der Waals surface area contributed by atoms with E-state index in [0.717, 1.165) is 37.5 Å². The van der Waals surface area contributed by atoms with Gasteiger partial charge in [-0.1, -0.05) is 0 Å². The monoisotopic (exact) mass is 234 g/mol. The minimum absolute atomic E-state index is 0.359. The SMILES string of the molecule is COc1nc(N2CCNCC2)c2[nH]cnc2n1. The van der Waals surface area contributed by atoms with Crippen molar-refractivity contribution in [3.8, 4) is 6.01 Å². The molecule has 0 spiro atoms. The van der Waals surface area contributed by atoms with E-state index in [4.69, 9.17) is 4.74 Å². The summed E-state index contributed by atoms with van der Waals surface area (Å²) in [4.78, 5) is 18.0. The zero-order chi connectivity index (χ0) is 11.7. The first-order valence-electron chi connectivity index (χ1n) is 5.59. The van der Waals surface area contributed by atoms with Crippen LogP contribution >= 0.6 is 0 Å². The number of nitrogens with one attached hydrogen (secondary N) is 2. The van der Waals surface area contributed by atoms with Crippen molar-refractivity contribution in [3.05, 3.63) is 6.33 Å². The Morgan fingerprint density at radius 1 is 1.29 bits per heavy atom. The maximum Gasteiger partial charge on any atom is 0.320 e. The predicted molar refractivity (Wildman–Crippen MR) is 63.3 cm³/mol. The van der Waals surface area contributed by atoms with Crippen molar-refractivity contribution >= 4 is 17.0 Å². The zero-order valence-electron chi connectivity index (χ0n) is 9.60. The van der Waals surface area contributed by atoms with Crippen LogP contribution in [0, 0.1) is 0 Å². The van der Waals surface area contributed by atoms with Gasteiger partial charge in [0.15, 0.2) is 11.5 Å². The molecule has 3 heterocycles. The van der Waals surface area contributed by atoms with E-state index in [0.29, 0.717) is 11.7 Å². The molecular weight excluding hydrogens is 220 g/mol. The van der Waals surface area contributed by atoms with Gasteiger partial charge in [0.2, 0.25) is 0 Å². The van der Waals surface area contributed by atoms with Crippen molar-refractivity contribution in [2.45, 2.75) is 0 Å². The molecule has 0 amide bonds. The molecule has 0 unspecified atom stereocenters. The summed E-state index contributed by atoms with van der Waals surface area (Å²) in [5.41, 5.74) is 1.51. The fraction of sp³-hybridized carbons (Fsp3) is 0.500. The molecule has 2 aromatic heterocycles. The molecule has 1 aliphatic rings. The van der Waals surface area contributed by atoms with Gasteiger partial charge < -0.3 is 19.9 Å². The molecular formula is C10H14N6O. The number of imidazole rings is 1. The number of nitrogens with zero attached hydrogens (tertiary/aromatic N) is 4. The van der Waals surface area contributed by atoms with Gasteiger partial charge >= 0.3 is 6.01 Å². The number of piperazine rings is 1. The standard InChI is InChI=1S/C10H14N6O/c1-17-10-14-8-7(12-6-13-8)9(15-10)16-4-2-11-3-5-16/h6,11H,2-5H2,1H3,(H,12,13,14,15). The van der Waals surface area contributed by atoms with Crippen LogP contribution in [0.2, 0.25) is 0 Å². The Morgan fingerprint density at radius 3 is 2.88 bits per heavy atom. The van der Waals surface area contributed by atoms with Crippen LogP contribution in [0.1, 0.15) is 0 Å². The van der Waals surface area contributed by atoms with Gasteiger partial charge in [-0.05, 0) is 0 Å². The van der Waals surface area contributed by atoms with Crippen LogP contribution in [0.4, 0.5) is 5.82 Å². The first-order chi connectivity index (χ1) is 8.38. The Labute approximate surface area is 98.2 Å². The molecule has 7 heteroatoms. The summed E-state index contributed by atoms with van der Waals surface area (Å²) in [5, 5.41) is 3.31. The highest BCUT2D eigenvalue weighted by Crippen LogP contribution is 2.23. The quantitative estimate of drug-likeness (QED) is 0.747. The van der Waals surface area contributed by atoms with Crippen molar-refractivity contribution < 1.29 is 4.74 Å². The van der Waals surface area contributed by atoms with E-state index in [1.54, 1.807) is 13.4 Å². The van der Waals surface area contributed by atoms with Crippen LogP contribution in [0.5, 0.6) is 6.01 Å². The lowest BCUT2D eigenvalue weighted by Gasteiger charge is -2.28. The topological polar surface area (TPSA) is 79.0 Å². The Hall–Kier alpha value is -1.89. The number of ether oxygens (including phenoxy) is 1. The van der Waals surface area contributed by atoms with Crippen LogP contribution in [0.15, 0.2) is 6.33 Å². The number of fused-ring (bicyclic) bond motifs is 1. The fourth-order valence-corrected chi connectivity index (χ4v) is 2.00. The highest BCUT2D eigenvalue weighted by molar-refractivity contribution is 5.83. The smallest absolute Gasteiger partial charge is 0.320 e. The molecule has 0 saturated carbocycles. The van der Waals surface area contributed by atoms with Gasteiger partial charge in [-0.25, -0.2) is 4.98 Å². The average Bonchev–Trinajstić information content (AvgIpc) is 2.86. The molecule has 2 N–H and O–H groups in total. The van der Waals surface area contributed by atoms with Crippen molar-refractivity contribution in [2.24, 2.45) is 0 Å². The van der Waals surface area contributed by atoms with Gasteiger partial charge in [0.05, 0.1) is 13.4 Å². The summed E-state index contributed by atoms with van der Waals surface area (Å²) in [6, 6.07) is 0.359. The first kappa shape index (κ1) is 10.3. The summed E-state index contributed by atoms with van der Waals surface area (Å²) in [6.45, 7) is 3.77. The Bertz CT molecular complexity index is 518. The molecule has 1 aliphatic heterocycles. The molecule has 3 rings (SSSR count). The van der Waals surface area contributed by atoms with E-state index in [1.165, 1.54) is 0 Å². The van der Waals surface area contributed by atoms with E-state index in [1.807, 2.05) is 0 Å². The molecule has 0 aromatic carbocycles. The molecule has 0 atom stereocenters. The number of anilines is 1. The number of aromatic nitrogens is 4. The lowest BCUT2D eigenvalue weighted by atomic mass is 10.3. The highest BCUT2D eigenvalue weighted by Gasteiger charge is 2.18. The summed E-state index contributed by atoms with van der Waals surface area (Å²) < 4.78 is 5.10. The van der Waals surface area contributed by atoms with E-state index >= 15 is 0 Å². The van der Waals surface area contributed by atoms with E-state index in [9.17, 15) is 0 Å². The van der Waals surface area contributed by atoms with Crippen LogP contribution in [0.3, 0.4) is 0 Å². The first-order valence-corrected chi connectivity index (χ1v) is 5.59. The predicted octanol–water partition coefficient (Wildman–Crippen LogP) is -0.229. The van der Waals surface area contributed by atoms with E-state index < -0.39 is 0 Å². The third-order valence-corrected chi connectivity index (χ3v) is 2.85. The third-order valence-electron chi connectivity index (χ3n) is 2.85. The number of H-pyrrole nitrogens is 1. The summed E-state index contributed by atoms with van der Waals surface area (Å²) >= 11 is 0. The molecule has 90 valence electrons. The minimum atomic E-state index is 0.359. The van der Waals surface area contributed by atoms with Crippen LogP contribution in [-0.4, -0.2) is 53.2 Å². The Morgan fingerprint density at radius 2 is 2.12 bits per heavy atom. The number of methoxy groups -OCH3 is 1. The molecule has 17 heavy (non-hydrogen) atoms. The summed E-state index contributed by atoms with van der Waals surface area (Å²) in [7, 11) is 1.56. The fourth-order valence-electron chi connectivity index (χ4n) is 2.00. The van der Waals surface area contributed by atoms with Gasteiger partial charge in [-0.3, -0.25) is 0 Å². The number of hydrogen-bond acceptors (Lipinski definition) is 6. The van der Waals surface area contributed by atoms with Gasteiger partial charge in [-0.2, -0.15) is 9.97 Å². The summed E-state index contributed by atoms with van der Waals surface area (Å²) in [5.74, 6) is 0.867. The number of aromatic amines is 1. The van der Waals surface area contributed by atoms with Gasteiger partial charge in [0.25, 0.3) is 0 Å². The largest absolute Gasteiger partial charge is 0.467 e. The van der Waals surface area contributed by atoms with Gasteiger partial charge in [0, 0.05) is 26.2 Å². The second-order valence-corrected chi connectivity index (χ2v) is 3.87. The Balaban J connectivity index is 2.08. The van der Waals surface area contributed by atoms with Gasteiger partial charge in [-0.15, -0.1) is 0 Å². The van der Waals surface area contributed by atoms with Crippen LogP contribution in [0.25, 0.3) is 11.2 Å². The molecule has 0 bridgehead atoms. The maximum atomic E-state index is 5.10. The second kappa shape index (κ2) is 4.17. The minimum Gasteiger partial charge on any atom is -0.467 e. The van der Waals surface area contributed by atoms with E-state index in [2.05, 4.69) is 30.2 Å². The molecule has 1 fully saturated rings. The normalized spacial score (nSPS) is 16.4. The van der Waals surface area contributed by atoms with Crippen molar-refractivity contribution in [2.75, 3.05) is 38.2 Å². The number of rotatable bonds is 2. The van der Waals surface area contributed by atoms with Crippen molar-refractivity contribution in [3.63, 3.8) is 0 Å². The van der Waals surface area contributed by atoms with Crippen molar-refractivity contribution in [1.82, 2.24) is 25.3 Å². The molecule has 0 radical (unpaired) electrons.